The van der Waals surface area contributed by atoms with Gasteiger partial charge in [0, 0.05) is 44.8 Å². The SMILES string of the molecule is CCNC(=O)CN1CCN(C(=O)CCc2c(C)[nH]c(=O)c(C#N)c2C)CC1. The fourth-order valence-corrected chi connectivity index (χ4v) is 3.42. The number of aryl methyl sites for hydroxylation is 1. The molecule has 0 radical (unpaired) electrons. The maximum atomic E-state index is 12.5. The summed E-state index contributed by atoms with van der Waals surface area (Å²) in [4.78, 5) is 42.5. The van der Waals surface area contributed by atoms with E-state index in [0.717, 1.165) is 5.56 Å². The van der Waals surface area contributed by atoms with E-state index in [1.807, 2.05) is 22.8 Å². The van der Waals surface area contributed by atoms with Gasteiger partial charge < -0.3 is 15.2 Å². The van der Waals surface area contributed by atoms with Crippen molar-refractivity contribution in [3.8, 4) is 6.07 Å². The fourth-order valence-electron chi connectivity index (χ4n) is 3.42. The molecule has 1 aliphatic heterocycles. The molecule has 27 heavy (non-hydrogen) atoms. The number of hydrogen-bond donors (Lipinski definition) is 2. The summed E-state index contributed by atoms with van der Waals surface area (Å²) in [6, 6.07) is 1.93. The molecule has 0 unspecified atom stereocenters. The first-order valence-corrected chi connectivity index (χ1v) is 9.26. The number of pyridine rings is 1. The van der Waals surface area contributed by atoms with Crippen molar-refractivity contribution < 1.29 is 9.59 Å². The Labute approximate surface area is 159 Å². The quantitative estimate of drug-likeness (QED) is 0.734. The molecule has 0 aromatic carbocycles. The van der Waals surface area contributed by atoms with E-state index in [9.17, 15) is 14.4 Å². The van der Waals surface area contributed by atoms with E-state index < -0.39 is 0 Å². The van der Waals surface area contributed by atoms with Crippen LogP contribution in [-0.2, 0) is 16.0 Å². The molecule has 0 bridgehead atoms. The first-order chi connectivity index (χ1) is 12.9. The zero-order chi connectivity index (χ0) is 20.0. The van der Waals surface area contributed by atoms with Gasteiger partial charge >= 0.3 is 0 Å². The summed E-state index contributed by atoms with van der Waals surface area (Å²) in [5.41, 5.74) is 1.94. The lowest BCUT2D eigenvalue weighted by atomic mass is 9.99. The third-order valence-corrected chi connectivity index (χ3v) is 4.98. The van der Waals surface area contributed by atoms with Gasteiger partial charge in [-0.25, -0.2) is 0 Å². The number of rotatable bonds is 6. The first-order valence-electron chi connectivity index (χ1n) is 9.26. The van der Waals surface area contributed by atoms with Crippen LogP contribution in [-0.4, -0.2) is 65.9 Å². The second-order valence-electron chi connectivity index (χ2n) is 6.78. The highest BCUT2D eigenvalue weighted by molar-refractivity contribution is 5.78. The van der Waals surface area contributed by atoms with Gasteiger partial charge in [-0.05, 0) is 38.3 Å². The predicted molar refractivity (Wildman–Crippen MR) is 101 cm³/mol. The topological polar surface area (TPSA) is 109 Å². The molecule has 0 spiro atoms. The lowest BCUT2D eigenvalue weighted by Crippen LogP contribution is -2.51. The highest BCUT2D eigenvalue weighted by Crippen LogP contribution is 2.16. The van der Waals surface area contributed by atoms with Gasteiger partial charge in [-0.2, -0.15) is 5.26 Å². The molecule has 1 fully saturated rings. The van der Waals surface area contributed by atoms with Gasteiger partial charge in [-0.1, -0.05) is 0 Å². The molecule has 0 atom stereocenters. The number of likely N-dealkylation sites (N-methyl/N-ethyl adjacent to an activating group) is 1. The number of nitriles is 1. The molecule has 0 saturated carbocycles. The molecule has 1 aromatic rings. The van der Waals surface area contributed by atoms with Gasteiger partial charge in [0.2, 0.25) is 11.8 Å². The molecule has 2 rings (SSSR count). The molecular weight excluding hydrogens is 346 g/mol. The van der Waals surface area contributed by atoms with Crippen LogP contribution >= 0.6 is 0 Å². The molecule has 8 heteroatoms. The van der Waals surface area contributed by atoms with Crippen molar-refractivity contribution in [3.63, 3.8) is 0 Å². The number of piperazine rings is 1. The van der Waals surface area contributed by atoms with Crippen LogP contribution in [0.5, 0.6) is 0 Å². The van der Waals surface area contributed by atoms with E-state index in [2.05, 4.69) is 10.3 Å². The van der Waals surface area contributed by atoms with Crippen LogP contribution in [0.25, 0.3) is 0 Å². The Bertz CT molecular complexity index is 801. The van der Waals surface area contributed by atoms with Crippen LogP contribution in [0, 0.1) is 25.2 Å². The van der Waals surface area contributed by atoms with Crippen molar-refractivity contribution in [2.24, 2.45) is 0 Å². The van der Waals surface area contributed by atoms with Crippen LogP contribution in [0.3, 0.4) is 0 Å². The van der Waals surface area contributed by atoms with E-state index >= 15 is 0 Å². The molecule has 1 aromatic heterocycles. The smallest absolute Gasteiger partial charge is 0.266 e. The van der Waals surface area contributed by atoms with Crippen LogP contribution in [0.4, 0.5) is 0 Å². The Morgan fingerprint density at radius 3 is 2.48 bits per heavy atom. The number of H-pyrrole nitrogens is 1. The molecule has 2 amide bonds. The van der Waals surface area contributed by atoms with E-state index in [0.29, 0.717) is 63.4 Å². The van der Waals surface area contributed by atoms with Gasteiger partial charge in [0.25, 0.3) is 5.56 Å². The van der Waals surface area contributed by atoms with Crippen molar-refractivity contribution in [1.29, 1.82) is 5.26 Å². The number of nitrogens with one attached hydrogen (secondary N) is 2. The third kappa shape index (κ3) is 5.17. The molecule has 0 aliphatic carbocycles. The molecular formula is C19H27N5O3. The van der Waals surface area contributed by atoms with Crippen molar-refractivity contribution in [2.75, 3.05) is 39.3 Å². The van der Waals surface area contributed by atoms with E-state index in [-0.39, 0.29) is 22.9 Å². The van der Waals surface area contributed by atoms with Crippen molar-refractivity contribution in [3.05, 3.63) is 32.7 Å². The average Bonchev–Trinajstić information content (AvgIpc) is 2.62. The molecule has 2 heterocycles. The summed E-state index contributed by atoms with van der Waals surface area (Å²) < 4.78 is 0. The Kier molecular flexibility index (Phi) is 7.13. The molecule has 1 aliphatic rings. The minimum absolute atomic E-state index is 0.00888. The second kappa shape index (κ2) is 9.33. The zero-order valence-electron chi connectivity index (χ0n) is 16.2. The summed E-state index contributed by atoms with van der Waals surface area (Å²) in [5, 5.41) is 11.9. The highest BCUT2D eigenvalue weighted by Gasteiger charge is 2.22. The number of carbonyl (C=O) groups is 2. The Hall–Kier alpha value is -2.66. The van der Waals surface area contributed by atoms with Crippen molar-refractivity contribution in [2.45, 2.75) is 33.6 Å². The number of hydrogen-bond acceptors (Lipinski definition) is 5. The average molecular weight is 373 g/mol. The predicted octanol–water partition coefficient (Wildman–Crippen LogP) is 0.0763. The van der Waals surface area contributed by atoms with E-state index in [1.54, 1.807) is 13.8 Å². The summed E-state index contributed by atoms with van der Waals surface area (Å²) in [5.74, 6) is 0.0609. The maximum absolute atomic E-state index is 12.5. The number of aromatic nitrogens is 1. The lowest BCUT2D eigenvalue weighted by molar-refractivity contribution is -0.133. The van der Waals surface area contributed by atoms with E-state index in [4.69, 9.17) is 5.26 Å². The van der Waals surface area contributed by atoms with Crippen molar-refractivity contribution in [1.82, 2.24) is 20.1 Å². The van der Waals surface area contributed by atoms with Gasteiger partial charge in [-0.15, -0.1) is 0 Å². The Morgan fingerprint density at radius 1 is 1.22 bits per heavy atom. The van der Waals surface area contributed by atoms with Gasteiger partial charge in [0.1, 0.15) is 11.6 Å². The number of carbonyl (C=O) groups excluding carboxylic acids is 2. The Balaban J connectivity index is 1.90. The first kappa shape index (κ1) is 20.6. The fraction of sp³-hybridized carbons (Fsp3) is 0.579. The summed E-state index contributed by atoms with van der Waals surface area (Å²) in [6.07, 6.45) is 0.815. The molecule has 8 nitrogen and oxygen atoms in total. The van der Waals surface area contributed by atoms with Gasteiger partial charge in [-0.3, -0.25) is 19.3 Å². The van der Waals surface area contributed by atoms with Gasteiger partial charge in [0.15, 0.2) is 0 Å². The third-order valence-electron chi connectivity index (χ3n) is 4.98. The molecule has 146 valence electrons. The molecule has 2 N–H and O–H groups in total. The maximum Gasteiger partial charge on any atom is 0.266 e. The van der Waals surface area contributed by atoms with Crippen LogP contribution in [0.15, 0.2) is 4.79 Å². The monoisotopic (exact) mass is 373 g/mol. The number of aromatic amines is 1. The summed E-state index contributed by atoms with van der Waals surface area (Å²) >= 11 is 0. The minimum Gasteiger partial charge on any atom is -0.355 e. The lowest BCUT2D eigenvalue weighted by Gasteiger charge is -2.34. The van der Waals surface area contributed by atoms with Crippen molar-refractivity contribution >= 4 is 11.8 Å². The second-order valence-corrected chi connectivity index (χ2v) is 6.78. The Morgan fingerprint density at radius 2 is 1.89 bits per heavy atom. The summed E-state index contributed by atoms with van der Waals surface area (Å²) in [7, 11) is 0. The molecule has 1 saturated heterocycles. The number of amides is 2. The minimum atomic E-state index is -0.384. The largest absolute Gasteiger partial charge is 0.355 e. The normalized spacial score (nSPS) is 14.7. The zero-order valence-corrected chi connectivity index (χ0v) is 16.2. The van der Waals surface area contributed by atoms with Crippen LogP contribution in [0.1, 0.15) is 35.7 Å². The van der Waals surface area contributed by atoms with Crippen LogP contribution in [0.2, 0.25) is 0 Å². The number of nitrogens with zero attached hydrogens (tertiary/aromatic N) is 3. The van der Waals surface area contributed by atoms with E-state index in [1.165, 1.54) is 0 Å². The van der Waals surface area contributed by atoms with Crippen LogP contribution < -0.4 is 10.9 Å². The van der Waals surface area contributed by atoms with Gasteiger partial charge in [0.05, 0.1) is 6.54 Å². The standard InChI is InChI=1S/C19H27N5O3/c1-4-21-17(25)12-23-7-9-24(10-8-23)18(26)6-5-15-13(2)16(11-20)19(27)22-14(15)3/h4-10,12H2,1-3H3,(H,21,25)(H,22,27). The summed E-state index contributed by atoms with van der Waals surface area (Å²) in [6.45, 7) is 8.97. The highest BCUT2D eigenvalue weighted by atomic mass is 16.2.